The summed E-state index contributed by atoms with van der Waals surface area (Å²) in [5, 5.41) is 2.06. The van der Waals surface area contributed by atoms with Gasteiger partial charge in [0.1, 0.15) is 0 Å². The van der Waals surface area contributed by atoms with E-state index in [0.717, 1.165) is 33.7 Å². The second kappa shape index (κ2) is 11.1. The number of methoxy groups -OCH3 is 2. The van der Waals surface area contributed by atoms with Crippen LogP contribution in [0.3, 0.4) is 0 Å². The molecule has 0 aliphatic heterocycles. The fraction of sp³-hybridized carbons (Fsp3) is 0.222. The molecule has 1 aromatic heterocycles. The van der Waals surface area contributed by atoms with Crippen LogP contribution in [-0.4, -0.2) is 45.6 Å². The topological polar surface area (TPSA) is 73.1 Å². The lowest BCUT2D eigenvalue weighted by Crippen LogP contribution is -2.22. The van der Waals surface area contributed by atoms with E-state index in [1.807, 2.05) is 60.7 Å². The zero-order chi connectivity index (χ0) is 25.7. The van der Waals surface area contributed by atoms with Crippen molar-refractivity contribution in [1.82, 2.24) is 8.87 Å². The van der Waals surface area contributed by atoms with E-state index in [9.17, 15) is 8.42 Å². The summed E-state index contributed by atoms with van der Waals surface area (Å²) in [7, 11) is 2.82. The molecular weight excluding hydrogens is 494 g/mol. The number of sulfonamides is 1. The van der Waals surface area contributed by atoms with Crippen molar-refractivity contribution in [2.75, 3.05) is 28.3 Å². The van der Waals surface area contributed by atoms with Gasteiger partial charge in [0.05, 0.1) is 30.5 Å². The number of thiazole rings is 1. The summed E-state index contributed by atoms with van der Waals surface area (Å²) in [6.07, 6.45) is 0.749. The second-order valence-electron chi connectivity index (χ2n) is 8.25. The maximum atomic E-state index is 12.5. The minimum absolute atomic E-state index is 0.262. The quantitative estimate of drug-likeness (QED) is 0.311. The summed E-state index contributed by atoms with van der Waals surface area (Å²) in [4.78, 5) is 6.00. The summed E-state index contributed by atoms with van der Waals surface area (Å²) < 4.78 is 39.2. The fourth-order valence-electron chi connectivity index (χ4n) is 3.76. The molecule has 1 heterocycles. The van der Waals surface area contributed by atoms with Gasteiger partial charge in [-0.3, -0.25) is 0 Å². The third-order valence-electron chi connectivity index (χ3n) is 5.78. The molecule has 36 heavy (non-hydrogen) atoms. The molecule has 0 amide bonds. The minimum atomic E-state index is -3.49. The van der Waals surface area contributed by atoms with Crippen LogP contribution in [0.15, 0.2) is 88.1 Å². The van der Waals surface area contributed by atoms with E-state index < -0.39 is 10.0 Å². The van der Waals surface area contributed by atoms with Crippen molar-refractivity contribution in [2.45, 2.75) is 17.9 Å². The van der Waals surface area contributed by atoms with Crippen LogP contribution in [-0.2, 0) is 23.0 Å². The number of rotatable bonds is 9. The average molecular weight is 524 g/mol. The van der Waals surface area contributed by atoms with Crippen LogP contribution >= 0.6 is 11.3 Å². The molecule has 0 aliphatic rings. The van der Waals surface area contributed by atoms with Gasteiger partial charge in [-0.25, -0.2) is 17.7 Å². The Kier molecular flexibility index (Phi) is 7.93. The van der Waals surface area contributed by atoms with Gasteiger partial charge in [-0.2, -0.15) is 0 Å². The predicted molar refractivity (Wildman–Crippen MR) is 144 cm³/mol. The first kappa shape index (κ1) is 25.7. The summed E-state index contributed by atoms with van der Waals surface area (Å²) in [6, 6.07) is 22.7. The van der Waals surface area contributed by atoms with Crippen molar-refractivity contribution in [2.24, 2.45) is 4.99 Å². The van der Waals surface area contributed by atoms with Crippen LogP contribution in [0.25, 0.3) is 11.3 Å². The van der Waals surface area contributed by atoms with E-state index >= 15 is 0 Å². The highest BCUT2D eigenvalue weighted by Gasteiger charge is 2.17. The number of ether oxygens (including phenoxy) is 2. The van der Waals surface area contributed by atoms with E-state index in [4.69, 9.17) is 14.5 Å². The molecule has 3 aromatic carbocycles. The lowest BCUT2D eigenvalue weighted by Gasteiger charge is -2.13. The molecule has 0 aliphatic carbocycles. The van der Waals surface area contributed by atoms with Gasteiger partial charge in [0.25, 0.3) is 0 Å². The molecule has 0 spiro atoms. The highest BCUT2D eigenvalue weighted by atomic mass is 32.2. The van der Waals surface area contributed by atoms with Gasteiger partial charge in [-0.1, -0.05) is 36.4 Å². The summed E-state index contributed by atoms with van der Waals surface area (Å²) in [5.74, 6) is 1.38. The lowest BCUT2D eigenvalue weighted by molar-refractivity contribution is 0.354. The largest absolute Gasteiger partial charge is 0.493 e. The van der Waals surface area contributed by atoms with Crippen molar-refractivity contribution in [3.05, 3.63) is 88.5 Å². The number of aryl methyl sites for hydroxylation is 1. The Morgan fingerprint density at radius 1 is 0.917 bits per heavy atom. The molecule has 9 heteroatoms. The normalized spacial score (nSPS) is 12.2. The Morgan fingerprint density at radius 3 is 2.25 bits per heavy atom. The van der Waals surface area contributed by atoms with Gasteiger partial charge in [-0.15, -0.1) is 11.3 Å². The molecule has 188 valence electrons. The molecule has 0 saturated heterocycles. The molecule has 0 unspecified atom stereocenters. The SMILES string of the molecule is COc1ccc(CCn2c(-c3ccc(S(=O)(=O)N(C)C)cc3)csc2=Nc2ccccc2)cc1OC. The number of aromatic nitrogens is 1. The molecular formula is C27H29N3O4S2. The van der Waals surface area contributed by atoms with E-state index in [-0.39, 0.29) is 4.90 Å². The molecule has 0 N–H and O–H groups in total. The van der Waals surface area contributed by atoms with Gasteiger partial charge in [-0.05, 0) is 53.9 Å². The van der Waals surface area contributed by atoms with Crippen LogP contribution in [0.1, 0.15) is 5.56 Å². The number of nitrogens with zero attached hydrogens (tertiary/aromatic N) is 3. The van der Waals surface area contributed by atoms with Crippen molar-refractivity contribution in [3.8, 4) is 22.8 Å². The Hall–Kier alpha value is -3.40. The monoisotopic (exact) mass is 523 g/mol. The average Bonchev–Trinajstić information content (AvgIpc) is 3.29. The predicted octanol–water partition coefficient (Wildman–Crippen LogP) is 4.96. The van der Waals surface area contributed by atoms with Crippen LogP contribution in [0, 0.1) is 0 Å². The van der Waals surface area contributed by atoms with Gasteiger partial charge >= 0.3 is 0 Å². The molecule has 0 atom stereocenters. The number of hydrogen-bond acceptors (Lipinski definition) is 6. The Morgan fingerprint density at radius 2 is 1.61 bits per heavy atom. The molecule has 0 fully saturated rings. The van der Waals surface area contributed by atoms with Crippen molar-refractivity contribution in [1.29, 1.82) is 0 Å². The summed E-state index contributed by atoms with van der Waals surface area (Å²) in [6.45, 7) is 0.678. The second-order valence-corrected chi connectivity index (χ2v) is 11.2. The molecule has 7 nitrogen and oxygen atoms in total. The fourth-order valence-corrected chi connectivity index (χ4v) is 5.62. The van der Waals surface area contributed by atoms with E-state index in [0.29, 0.717) is 18.0 Å². The van der Waals surface area contributed by atoms with Crippen molar-refractivity contribution >= 4 is 27.0 Å². The van der Waals surface area contributed by atoms with Crippen molar-refractivity contribution < 1.29 is 17.9 Å². The molecule has 4 aromatic rings. The summed E-state index contributed by atoms with van der Waals surface area (Å²) >= 11 is 1.55. The minimum Gasteiger partial charge on any atom is -0.493 e. The van der Waals surface area contributed by atoms with E-state index in [1.165, 1.54) is 18.4 Å². The first-order chi connectivity index (χ1) is 17.3. The van der Waals surface area contributed by atoms with E-state index in [2.05, 4.69) is 9.95 Å². The third kappa shape index (κ3) is 5.53. The van der Waals surface area contributed by atoms with Crippen LogP contribution in [0.5, 0.6) is 11.5 Å². The smallest absolute Gasteiger partial charge is 0.242 e. The number of para-hydroxylation sites is 1. The highest BCUT2D eigenvalue weighted by molar-refractivity contribution is 7.89. The van der Waals surface area contributed by atoms with Gasteiger partial charge < -0.3 is 14.0 Å². The molecule has 0 saturated carbocycles. The Bertz CT molecular complexity index is 1490. The van der Waals surface area contributed by atoms with Gasteiger partial charge in [0, 0.05) is 26.0 Å². The molecule has 0 bridgehead atoms. The van der Waals surface area contributed by atoms with Gasteiger partial charge in [0.2, 0.25) is 10.0 Å². The lowest BCUT2D eigenvalue weighted by atomic mass is 10.1. The summed E-state index contributed by atoms with van der Waals surface area (Å²) in [5.41, 5.74) is 3.88. The Balaban J connectivity index is 1.72. The number of hydrogen-bond donors (Lipinski definition) is 0. The standard InChI is InChI=1S/C27H29N3O4S2/c1-29(2)36(31,32)23-13-11-21(12-14-23)24-19-35-27(28-22-8-6-5-7-9-22)30(24)17-16-20-10-15-25(33-3)26(18-20)34-4/h5-15,18-19H,16-17H2,1-4H3. The maximum absolute atomic E-state index is 12.5. The molecule has 0 radical (unpaired) electrons. The van der Waals surface area contributed by atoms with Gasteiger partial charge in [0.15, 0.2) is 16.3 Å². The first-order valence-electron chi connectivity index (χ1n) is 11.4. The third-order valence-corrected chi connectivity index (χ3v) is 8.47. The highest BCUT2D eigenvalue weighted by Crippen LogP contribution is 2.28. The van der Waals surface area contributed by atoms with E-state index in [1.54, 1.807) is 37.7 Å². The first-order valence-corrected chi connectivity index (χ1v) is 13.7. The van der Waals surface area contributed by atoms with Crippen molar-refractivity contribution in [3.63, 3.8) is 0 Å². The zero-order valence-corrected chi connectivity index (χ0v) is 22.3. The molecule has 4 rings (SSSR count). The van der Waals surface area contributed by atoms with Crippen LogP contribution < -0.4 is 14.3 Å². The number of benzene rings is 3. The maximum Gasteiger partial charge on any atom is 0.242 e. The zero-order valence-electron chi connectivity index (χ0n) is 20.7. The Labute approximate surface area is 216 Å². The van der Waals surface area contributed by atoms with Crippen LogP contribution in [0.2, 0.25) is 0 Å². The van der Waals surface area contributed by atoms with Crippen LogP contribution in [0.4, 0.5) is 5.69 Å².